The number of pyridine rings is 1. The number of amides is 1. The van der Waals surface area contributed by atoms with Crippen LogP contribution in [0, 0.1) is 5.92 Å². The molecule has 8 heteroatoms. The Morgan fingerprint density at radius 3 is 2.60 bits per heavy atom. The maximum Gasteiger partial charge on any atom is 0.253 e. The number of piperidine rings is 1. The number of likely N-dealkylation sites (tertiary alicyclic amines) is 1. The van der Waals surface area contributed by atoms with E-state index in [-0.39, 0.29) is 11.5 Å². The van der Waals surface area contributed by atoms with Crippen LogP contribution < -0.4 is 5.56 Å². The fraction of sp³-hybridized carbons (Fsp3) is 0.545. The number of aromatic nitrogens is 3. The summed E-state index contributed by atoms with van der Waals surface area (Å²) >= 11 is 0. The molecule has 0 aromatic carbocycles. The minimum atomic E-state index is -0.0128. The van der Waals surface area contributed by atoms with Crippen LogP contribution in [0.4, 0.5) is 0 Å². The van der Waals surface area contributed by atoms with E-state index in [1.54, 1.807) is 29.4 Å². The first kappa shape index (κ1) is 20.7. The van der Waals surface area contributed by atoms with Gasteiger partial charge in [0.2, 0.25) is 5.91 Å². The average Bonchev–Trinajstić information content (AvgIpc) is 2.99. The number of nitrogens with zero attached hydrogens (tertiary/aromatic N) is 5. The predicted molar refractivity (Wildman–Crippen MR) is 113 cm³/mol. The lowest BCUT2D eigenvalue weighted by molar-refractivity contribution is -0.130. The topological polar surface area (TPSA) is 80.6 Å². The molecule has 0 N–H and O–H groups in total. The van der Waals surface area contributed by atoms with Crippen LogP contribution in [0.15, 0.2) is 41.7 Å². The van der Waals surface area contributed by atoms with E-state index >= 15 is 0 Å². The molecule has 2 fully saturated rings. The SMILES string of the molecule is O=C1CCOCCN1CCN1CCC(Cn2cnc(-c3ccncc3)cc2=O)CC1. The third-order valence-electron chi connectivity index (χ3n) is 6.02. The van der Waals surface area contributed by atoms with Gasteiger partial charge in [-0.15, -0.1) is 0 Å². The van der Waals surface area contributed by atoms with Gasteiger partial charge < -0.3 is 14.5 Å². The van der Waals surface area contributed by atoms with Crippen LogP contribution in [-0.2, 0) is 16.1 Å². The summed E-state index contributed by atoms with van der Waals surface area (Å²) < 4.78 is 7.11. The molecule has 1 amide bonds. The van der Waals surface area contributed by atoms with Gasteiger partial charge in [0.05, 0.1) is 31.7 Å². The molecule has 2 aliphatic rings. The van der Waals surface area contributed by atoms with Crippen LogP contribution >= 0.6 is 0 Å². The molecule has 0 bridgehead atoms. The van der Waals surface area contributed by atoms with E-state index in [0.717, 1.165) is 44.6 Å². The molecular formula is C22H29N5O3. The van der Waals surface area contributed by atoms with E-state index in [1.165, 1.54) is 0 Å². The zero-order valence-electron chi connectivity index (χ0n) is 17.3. The van der Waals surface area contributed by atoms with Gasteiger partial charge in [0.15, 0.2) is 0 Å². The second-order valence-electron chi connectivity index (χ2n) is 8.03. The van der Waals surface area contributed by atoms with Gasteiger partial charge >= 0.3 is 0 Å². The second kappa shape index (κ2) is 9.95. The monoisotopic (exact) mass is 411 g/mol. The number of carbonyl (C=O) groups excluding carboxylic acids is 1. The van der Waals surface area contributed by atoms with Crippen LogP contribution in [0.1, 0.15) is 19.3 Å². The smallest absolute Gasteiger partial charge is 0.253 e. The van der Waals surface area contributed by atoms with E-state index in [9.17, 15) is 9.59 Å². The second-order valence-corrected chi connectivity index (χ2v) is 8.03. The minimum Gasteiger partial charge on any atom is -0.379 e. The summed E-state index contributed by atoms with van der Waals surface area (Å²) in [6.45, 7) is 6.25. The fourth-order valence-corrected chi connectivity index (χ4v) is 4.13. The molecule has 0 saturated carbocycles. The van der Waals surface area contributed by atoms with Crippen molar-refractivity contribution in [2.75, 3.05) is 45.9 Å². The van der Waals surface area contributed by atoms with Gasteiger partial charge in [-0.1, -0.05) is 0 Å². The summed E-state index contributed by atoms with van der Waals surface area (Å²) in [6.07, 6.45) is 7.66. The van der Waals surface area contributed by atoms with E-state index in [1.807, 2.05) is 17.0 Å². The molecule has 8 nitrogen and oxygen atoms in total. The molecule has 0 atom stereocenters. The van der Waals surface area contributed by atoms with Crippen LogP contribution in [0.2, 0.25) is 0 Å². The number of rotatable bonds is 6. The highest BCUT2D eigenvalue weighted by Gasteiger charge is 2.22. The zero-order valence-corrected chi connectivity index (χ0v) is 17.3. The van der Waals surface area contributed by atoms with Gasteiger partial charge in [0.25, 0.3) is 5.56 Å². The highest BCUT2D eigenvalue weighted by molar-refractivity contribution is 5.76. The largest absolute Gasteiger partial charge is 0.379 e. The van der Waals surface area contributed by atoms with Crippen LogP contribution in [-0.4, -0.2) is 76.2 Å². The normalized spacial score (nSPS) is 19.1. The molecule has 2 aliphatic heterocycles. The first-order valence-electron chi connectivity index (χ1n) is 10.7. The molecule has 2 aromatic rings. The van der Waals surface area contributed by atoms with E-state index in [0.29, 0.717) is 44.3 Å². The molecule has 0 aliphatic carbocycles. The molecular weight excluding hydrogens is 382 g/mol. The minimum absolute atomic E-state index is 0.0128. The molecule has 4 rings (SSSR count). The maximum absolute atomic E-state index is 12.5. The van der Waals surface area contributed by atoms with Crippen molar-refractivity contribution in [2.45, 2.75) is 25.8 Å². The van der Waals surface area contributed by atoms with Crippen molar-refractivity contribution in [2.24, 2.45) is 5.92 Å². The van der Waals surface area contributed by atoms with Crippen molar-refractivity contribution >= 4 is 5.91 Å². The number of hydrogen-bond acceptors (Lipinski definition) is 6. The number of hydrogen-bond donors (Lipinski definition) is 0. The van der Waals surface area contributed by atoms with Crippen molar-refractivity contribution in [1.82, 2.24) is 24.3 Å². The maximum atomic E-state index is 12.5. The van der Waals surface area contributed by atoms with Gasteiger partial charge in [-0.25, -0.2) is 4.98 Å². The van der Waals surface area contributed by atoms with Gasteiger partial charge in [-0.05, 0) is 44.0 Å². The Balaban J connectivity index is 1.26. The van der Waals surface area contributed by atoms with E-state index < -0.39 is 0 Å². The molecule has 4 heterocycles. The summed E-state index contributed by atoms with van der Waals surface area (Å²) in [5.74, 6) is 0.671. The Morgan fingerprint density at radius 1 is 1.03 bits per heavy atom. The Bertz CT molecular complexity index is 893. The summed E-state index contributed by atoms with van der Waals surface area (Å²) in [5, 5.41) is 0. The van der Waals surface area contributed by atoms with E-state index in [4.69, 9.17) is 4.74 Å². The zero-order chi connectivity index (χ0) is 20.8. The Kier molecular flexibility index (Phi) is 6.86. The van der Waals surface area contributed by atoms with Crippen molar-refractivity contribution in [3.05, 3.63) is 47.3 Å². The number of carbonyl (C=O) groups is 1. The molecule has 160 valence electrons. The van der Waals surface area contributed by atoms with Gasteiger partial charge in [0.1, 0.15) is 0 Å². The standard InChI is InChI=1S/C22H29N5O3/c28-21-5-13-30-14-12-26(21)11-10-25-8-3-18(4-9-25)16-27-17-24-20(15-22(27)29)19-1-6-23-7-2-19/h1-2,6-7,15,17-18H,3-5,8-14,16H2. The summed E-state index contributed by atoms with van der Waals surface area (Å²) in [5.41, 5.74) is 1.57. The third-order valence-corrected chi connectivity index (χ3v) is 6.02. The number of ether oxygens (including phenoxy) is 1. The predicted octanol–water partition coefficient (Wildman–Crippen LogP) is 1.27. The molecule has 0 unspecified atom stereocenters. The summed E-state index contributed by atoms with van der Waals surface area (Å²) in [6, 6.07) is 5.31. The van der Waals surface area contributed by atoms with Gasteiger partial charge in [0, 0.05) is 50.2 Å². The first-order valence-corrected chi connectivity index (χ1v) is 10.7. The Morgan fingerprint density at radius 2 is 1.83 bits per heavy atom. The van der Waals surface area contributed by atoms with Crippen LogP contribution in [0.5, 0.6) is 0 Å². The molecule has 2 aromatic heterocycles. The lowest BCUT2D eigenvalue weighted by atomic mass is 9.96. The van der Waals surface area contributed by atoms with Crippen molar-refractivity contribution in [3.63, 3.8) is 0 Å². The van der Waals surface area contributed by atoms with Crippen LogP contribution in [0.25, 0.3) is 11.3 Å². The third kappa shape index (κ3) is 5.31. The van der Waals surface area contributed by atoms with Crippen molar-refractivity contribution < 1.29 is 9.53 Å². The summed E-state index contributed by atoms with van der Waals surface area (Å²) in [7, 11) is 0. The van der Waals surface area contributed by atoms with Crippen molar-refractivity contribution in [3.8, 4) is 11.3 Å². The molecule has 0 spiro atoms. The average molecular weight is 412 g/mol. The van der Waals surface area contributed by atoms with Gasteiger partial charge in [-0.3, -0.25) is 19.1 Å². The van der Waals surface area contributed by atoms with Gasteiger partial charge in [-0.2, -0.15) is 0 Å². The molecule has 2 saturated heterocycles. The fourth-order valence-electron chi connectivity index (χ4n) is 4.13. The highest BCUT2D eigenvalue weighted by atomic mass is 16.5. The Hall–Kier alpha value is -2.58. The van der Waals surface area contributed by atoms with Crippen molar-refractivity contribution in [1.29, 1.82) is 0 Å². The summed E-state index contributed by atoms with van der Waals surface area (Å²) in [4.78, 5) is 37.4. The lowest BCUT2D eigenvalue weighted by Gasteiger charge is -2.33. The Labute approximate surface area is 176 Å². The molecule has 0 radical (unpaired) electrons. The highest BCUT2D eigenvalue weighted by Crippen LogP contribution is 2.19. The van der Waals surface area contributed by atoms with E-state index in [2.05, 4.69) is 14.9 Å². The first-order chi connectivity index (χ1) is 14.7. The lowest BCUT2D eigenvalue weighted by Crippen LogP contribution is -2.42. The molecule has 30 heavy (non-hydrogen) atoms. The quantitative estimate of drug-likeness (QED) is 0.712. The van der Waals surface area contributed by atoms with Crippen LogP contribution in [0.3, 0.4) is 0 Å².